The molecule has 1 radical (unpaired) electrons. The van der Waals surface area contributed by atoms with E-state index in [9.17, 15) is 26.3 Å². The van der Waals surface area contributed by atoms with Gasteiger partial charge in [0.1, 0.15) is 0 Å². The molecule has 0 atom stereocenters. The number of hydrogen-bond acceptors (Lipinski definition) is 0. The fourth-order valence-corrected chi connectivity index (χ4v) is 3.47. The van der Waals surface area contributed by atoms with Gasteiger partial charge in [-0.15, -0.1) is 0 Å². The average molecular weight is 397 g/mol. The predicted octanol–water partition coefficient (Wildman–Crippen LogP) is 7.66. The number of benzene rings is 2. The Balaban J connectivity index is 2.40. The monoisotopic (exact) mass is 397 g/mol. The van der Waals surface area contributed by atoms with Crippen LogP contribution in [0.15, 0.2) is 35.9 Å². The van der Waals surface area contributed by atoms with E-state index < -0.39 is 28.9 Å². The molecule has 2 aromatic rings. The number of halogens is 6. The molecule has 1 aliphatic rings. The van der Waals surface area contributed by atoms with Crippen LogP contribution in [-0.2, 0) is 17.8 Å². The quantitative estimate of drug-likeness (QED) is 0.433. The average Bonchev–Trinajstić information content (AvgIpc) is 2.91. The SMILES string of the molecule is CC1=Cc2c(ccc(C(C)(C)C)c2-c2cc(C(F)(F)F)cc(C(F)(F)F)c2)[CH]1. The van der Waals surface area contributed by atoms with Crippen molar-refractivity contribution in [1.82, 2.24) is 0 Å². The summed E-state index contributed by atoms with van der Waals surface area (Å²) in [5, 5.41) is 0. The molecule has 0 aromatic heterocycles. The van der Waals surface area contributed by atoms with E-state index in [4.69, 9.17) is 0 Å². The maximum atomic E-state index is 13.3. The molecule has 6 heteroatoms. The lowest BCUT2D eigenvalue weighted by atomic mass is 9.78. The third-order valence-electron chi connectivity index (χ3n) is 4.72. The van der Waals surface area contributed by atoms with Crippen molar-refractivity contribution >= 4 is 6.08 Å². The number of hydrogen-bond donors (Lipinski definition) is 0. The van der Waals surface area contributed by atoms with Gasteiger partial charge in [-0.3, -0.25) is 0 Å². The summed E-state index contributed by atoms with van der Waals surface area (Å²) in [5.41, 5.74) is 0.265. The van der Waals surface area contributed by atoms with E-state index in [1.807, 2.05) is 40.2 Å². The molecule has 0 nitrogen and oxygen atoms in total. The zero-order valence-corrected chi connectivity index (χ0v) is 15.8. The molecular weight excluding hydrogens is 378 g/mol. The minimum Gasteiger partial charge on any atom is -0.166 e. The van der Waals surface area contributed by atoms with Crippen molar-refractivity contribution in [3.05, 3.63) is 70.1 Å². The van der Waals surface area contributed by atoms with E-state index in [0.29, 0.717) is 16.7 Å². The van der Waals surface area contributed by atoms with E-state index in [1.54, 1.807) is 12.1 Å². The van der Waals surface area contributed by atoms with Crippen LogP contribution in [0.3, 0.4) is 0 Å². The summed E-state index contributed by atoms with van der Waals surface area (Å²) in [6.07, 6.45) is -6.10. The Labute approximate surface area is 159 Å². The Kier molecular flexibility index (Phi) is 4.68. The van der Waals surface area contributed by atoms with Crippen molar-refractivity contribution in [2.45, 2.75) is 45.5 Å². The second-order valence-electron chi connectivity index (χ2n) is 8.07. The topological polar surface area (TPSA) is 0 Å². The van der Waals surface area contributed by atoms with Crippen LogP contribution in [0.1, 0.15) is 55.5 Å². The summed E-state index contributed by atoms with van der Waals surface area (Å²) in [6.45, 7) is 7.48. The van der Waals surface area contributed by atoms with E-state index >= 15 is 0 Å². The Morgan fingerprint density at radius 1 is 0.750 bits per heavy atom. The van der Waals surface area contributed by atoms with Crippen LogP contribution in [0.4, 0.5) is 26.3 Å². The Bertz CT molecular complexity index is 920. The minimum atomic E-state index is -4.88. The van der Waals surface area contributed by atoms with Crippen molar-refractivity contribution in [3.8, 4) is 11.1 Å². The first-order valence-electron chi connectivity index (χ1n) is 8.68. The molecule has 1 aliphatic carbocycles. The van der Waals surface area contributed by atoms with Gasteiger partial charge in [-0.25, -0.2) is 0 Å². The van der Waals surface area contributed by atoms with Gasteiger partial charge in [0, 0.05) is 6.42 Å². The standard InChI is InChI=1S/C22H19F6/c1-12-7-13-5-6-18(20(2,3)4)19(17(13)8-12)14-9-15(21(23,24)25)11-16(10-14)22(26,27)28/h5-11H,1-4H3. The Hall–Kier alpha value is -2.24. The zero-order valence-electron chi connectivity index (χ0n) is 15.8. The Morgan fingerprint density at radius 2 is 1.29 bits per heavy atom. The highest BCUT2D eigenvalue weighted by Gasteiger charge is 2.38. The van der Waals surface area contributed by atoms with Gasteiger partial charge in [0.2, 0.25) is 0 Å². The molecule has 2 aromatic carbocycles. The first-order valence-corrected chi connectivity index (χ1v) is 8.68. The van der Waals surface area contributed by atoms with Crippen LogP contribution in [-0.4, -0.2) is 0 Å². The van der Waals surface area contributed by atoms with E-state index in [-0.39, 0.29) is 11.6 Å². The van der Waals surface area contributed by atoms with Gasteiger partial charge in [0.25, 0.3) is 0 Å². The highest BCUT2D eigenvalue weighted by Crippen LogP contribution is 2.45. The largest absolute Gasteiger partial charge is 0.416 e. The maximum absolute atomic E-state index is 13.3. The molecule has 28 heavy (non-hydrogen) atoms. The van der Waals surface area contributed by atoms with Crippen LogP contribution in [0.25, 0.3) is 17.2 Å². The van der Waals surface area contributed by atoms with Crippen LogP contribution in [0.2, 0.25) is 0 Å². The van der Waals surface area contributed by atoms with Gasteiger partial charge in [-0.05, 0) is 58.4 Å². The first kappa shape index (κ1) is 20.5. The normalized spacial score (nSPS) is 14.9. The molecule has 0 saturated heterocycles. The highest BCUT2D eigenvalue weighted by molar-refractivity contribution is 5.86. The van der Waals surface area contributed by atoms with Crippen molar-refractivity contribution in [2.24, 2.45) is 0 Å². The molecule has 0 fully saturated rings. The molecule has 3 rings (SSSR count). The summed E-state index contributed by atoms with van der Waals surface area (Å²) < 4.78 is 80.0. The highest BCUT2D eigenvalue weighted by atomic mass is 19.4. The van der Waals surface area contributed by atoms with Crippen molar-refractivity contribution in [3.63, 3.8) is 0 Å². The van der Waals surface area contributed by atoms with Gasteiger partial charge >= 0.3 is 12.4 Å². The predicted molar refractivity (Wildman–Crippen MR) is 97.6 cm³/mol. The van der Waals surface area contributed by atoms with Gasteiger partial charge in [0.15, 0.2) is 0 Å². The third kappa shape index (κ3) is 3.82. The Morgan fingerprint density at radius 3 is 1.75 bits per heavy atom. The van der Waals surface area contributed by atoms with E-state index in [0.717, 1.165) is 23.3 Å². The van der Waals surface area contributed by atoms with Gasteiger partial charge < -0.3 is 0 Å². The molecule has 0 saturated carbocycles. The second-order valence-corrected chi connectivity index (χ2v) is 8.07. The molecule has 149 valence electrons. The lowest BCUT2D eigenvalue weighted by Gasteiger charge is -2.26. The molecule has 0 unspecified atom stereocenters. The smallest absolute Gasteiger partial charge is 0.166 e. The van der Waals surface area contributed by atoms with Gasteiger partial charge in [-0.1, -0.05) is 44.6 Å². The number of allylic oxidation sites excluding steroid dienone is 1. The fourth-order valence-electron chi connectivity index (χ4n) is 3.47. The number of alkyl halides is 6. The van der Waals surface area contributed by atoms with Crippen molar-refractivity contribution in [2.75, 3.05) is 0 Å². The molecular formula is C22H19F6. The van der Waals surface area contributed by atoms with Crippen LogP contribution in [0.5, 0.6) is 0 Å². The van der Waals surface area contributed by atoms with E-state index in [1.165, 1.54) is 0 Å². The maximum Gasteiger partial charge on any atom is 0.416 e. The lowest BCUT2D eigenvalue weighted by Crippen LogP contribution is -2.15. The van der Waals surface area contributed by atoms with Gasteiger partial charge in [-0.2, -0.15) is 26.3 Å². The molecule has 0 spiro atoms. The molecule has 0 aliphatic heterocycles. The molecule has 0 N–H and O–H groups in total. The minimum absolute atomic E-state index is 0.0803. The zero-order chi connectivity index (χ0) is 21.1. The number of fused-ring (bicyclic) bond motifs is 1. The van der Waals surface area contributed by atoms with Crippen LogP contribution in [0, 0.1) is 6.42 Å². The molecule has 0 heterocycles. The van der Waals surface area contributed by atoms with Crippen LogP contribution >= 0.6 is 0 Å². The molecule has 0 bridgehead atoms. The first-order chi connectivity index (χ1) is 12.7. The second kappa shape index (κ2) is 6.39. The molecule has 0 amide bonds. The summed E-state index contributed by atoms with van der Waals surface area (Å²) in [5.74, 6) is 0. The van der Waals surface area contributed by atoms with Crippen molar-refractivity contribution in [1.29, 1.82) is 0 Å². The van der Waals surface area contributed by atoms with E-state index in [2.05, 4.69) is 0 Å². The fraction of sp³-hybridized carbons (Fsp3) is 0.318. The van der Waals surface area contributed by atoms with Crippen LogP contribution < -0.4 is 0 Å². The summed E-state index contributed by atoms with van der Waals surface area (Å²) >= 11 is 0. The lowest BCUT2D eigenvalue weighted by molar-refractivity contribution is -0.143. The summed E-state index contributed by atoms with van der Waals surface area (Å²) in [6, 6.07) is 5.41. The summed E-state index contributed by atoms with van der Waals surface area (Å²) in [7, 11) is 0. The number of rotatable bonds is 1. The third-order valence-corrected chi connectivity index (χ3v) is 4.72. The van der Waals surface area contributed by atoms with Gasteiger partial charge in [0.05, 0.1) is 11.1 Å². The summed E-state index contributed by atoms with van der Waals surface area (Å²) in [4.78, 5) is 0. The van der Waals surface area contributed by atoms with Crippen molar-refractivity contribution < 1.29 is 26.3 Å².